The number of nitrogens with zero attached hydrogens (tertiary/aromatic N) is 1. The van der Waals surface area contributed by atoms with Crippen LogP contribution in [0.3, 0.4) is 0 Å². The molecule has 0 aliphatic heterocycles. The molecule has 1 aromatic carbocycles. The SMILES string of the molecule is CCc1cccc(OCCN(C)C(=O)C(C)(C)CCl)c1. The lowest BCUT2D eigenvalue weighted by atomic mass is 9.94. The summed E-state index contributed by atoms with van der Waals surface area (Å²) in [5.41, 5.74) is 0.716. The van der Waals surface area contributed by atoms with E-state index in [1.165, 1.54) is 5.56 Å². The number of alkyl halides is 1. The molecule has 112 valence electrons. The van der Waals surface area contributed by atoms with Crippen molar-refractivity contribution in [3.63, 3.8) is 0 Å². The zero-order valence-corrected chi connectivity index (χ0v) is 13.5. The van der Waals surface area contributed by atoms with Crippen LogP contribution in [-0.4, -0.2) is 36.9 Å². The van der Waals surface area contributed by atoms with Gasteiger partial charge in [0.25, 0.3) is 0 Å². The Labute approximate surface area is 126 Å². The summed E-state index contributed by atoms with van der Waals surface area (Å²) in [6, 6.07) is 8.03. The van der Waals surface area contributed by atoms with Crippen LogP contribution in [0.4, 0.5) is 0 Å². The predicted octanol–water partition coefficient (Wildman–Crippen LogP) is 3.35. The van der Waals surface area contributed by atoms with Gasteiger partial charge in [0.2, 0.25) is 5.91 Å². The average molecular weight is 298 g/mol. The molecule has 0 radical (unpaired) electrons. The molecule has 0 saturated heterocycles. The topological polar surface area (TPSA) is 29.5 Å². The second-order valence-electron chi connectivity index (χ2n) is 5.59. The largest absolute Gasteiger partial charge is 0.492 e. The molecule has 0 N–H and O–H groups in total. The number of aryl methyl sites for hydroxylation is 1. The van der Waals surface area contributed by atoms with Crippen LogP contribution < -0.4 is 4.74 Å². The second kappa shape index (κ2) is 7.53. The maximum absolute atomic E-state index is 12.1. The summed E-state index contributed by atoms with van der Waals surface area (Å²) in [6.07, 6.45) is 0.986. The van der Waals surface area contributed by atoms with Crippen molar-refractivity contribution < 1.29 is 9.53 Å². The van der Waals surface area contributed by atoms with Gasteiger partial charge >= 0.3 is 0 Å². The zero-order valence-electron chi connectivity index (χ0n) is 12.8. The van der Waals surface area contributed by atoms with Gasteiger partial charge in [0.1, 0.15) is 12.4 Å². The first kappa shape index (κ1) is 16.8. The van der Waals surface area contributed by atoms with E-state index in [1.54, 1.807) is 11.9 Å². The lowest BCUT2D eigenvalue weighted by molar-refractivity contribution is -0.138. The Hall–Kier alpha value is -1.22. The lowest BCUT2D eigenvalue weighted by Gasteiger charge is -2.27. The Morgan fingerprint density at radius 2 is 2.10 bits per heavy atom. The summed E-state index contributed by atoms with van der Waals surface area (Å²) >= 11 is 5.82. The Bertz CT molecular complexity index is 446. The number of hydrogen-bond donors (Lipinski definition) is 0. The molecule has 4 heteroatoms. The maximum Gasteiger partial charge on any atom is 0.229 e. The fourth-order valence-electron chi connectivity index (χ4n) is 1.83. The van der Waals surface area contributed by atoms with Crippen LogP contribution in [0.25, 0.3) is 0 Å². The van der Waals surface area contributed by atoms with E-state index >= 15 is 0 Å². The van der Waals surface area contributed by atoms with Gasteiger partial charge in [-0.1, -0.05) is 19.1 Å². The summed E-state index contributed by atoms with van der Waals surface area (Å²) in [5.74, 6) is 1.20. The zero-order chi connectivity index (χ0) is 15.2. The quantitative estimate of drug-likeness (QED) is 0.722. The van der Waals surface area contributed by atoms with E-state index in [-0.39, 0.29) is 5.91 Å². The summed E-state index contributed by atoms with van der Waals surface area (Å²) < 4.78 is 5.69. The number of likely N-dealkylation sites (N-methyl/N-ethyl adjacent to an activating group) is 1. The van der Waals surface area contributed by atoms with Crippen LogP contribution >= 0.6 is 11.6 Å². The molecule has 0 unspecified atom stereocenters. The van der Waals surface area contributed by atoms with Gasteiger partial charge in [-0.2, -0.15) is 0 Å². The minimum Gasteiger partial charge on any atom is -0.492 e. The molecular weight excluding hydrogens is 274 g/mol. The molecule has 0 heterocycles. The van der Waals surface area contributed by atoms with Gasteiger partial charge in [0.05, 0.1) is 12.0 Å². The van der Waals surface area contributed by atoms with Gasteiger partial charge in [0, 0.05) is 12.9 Å². The highest BCUT2D eigenvalue weighted by Crippen LogP contribution is 2.20. The van der Waals surface area contributed by atoms with Crippen molar-refractivity contribution in [2.75, 3.05) is 26.1 Å². The van der Waals surface area contributed by atoms with Gasteiger partial charge in [-0.15, -0.1) is 11.6 Å². The first-order valence-corrected chi connectivity index (χ1v) is 7.47. The van der Waals surface area contributed by atoms with Crippen LogP contribution in [0.15, 0.2) is 24.3 Å². The molecule has 1 amide bonds. The fourth-order valence-corrected chi connectivity index (χ4v) is 1.95. The van der Waals surface area contributed by atoms with Crippen LogP contribution in [0.2, 0.25) is 0 Å². The molecule has 0 saturated carbocycles. The van der Waals surface area contributed by atoms with Crippen molar-refractivity contribution in [3.8, 4) is 5.75 Å². The number of halogens is 1. The standard InChI is InChI=1S/C16H24ClNO2/c1-5-13-7-6-8-14(11-13)20-10-9-18(4)15(19)16(2,3)12-17/h6-8,11H,5,9-10,12H2,1-4H3. The highest BCUT2D eigenvalue weighted by Gasteiger charge is 2.29. The Balaban J connectivity index is 2.45. The molecule has 0 atom stereocenters. The van der Waals surface area contributed by atoms with Crippen molar-refractivity contribution in [3.05, 3.63) is 29.8 Å². The highest BCUT2D eigenvalue weighted by molar-refractivity contribution is 6.19. The fraction of sp³-hybridized carbons (Fsp3) is 0.562. The van der Waals surface area contributed by atoms with Crippen molar-refractivity contribution in [2.24, 2.45) is 5.41 Å². The first-order valence-electron chi connectivity index (χ1n) is 6.94. The van der Waals surface area contributed by atoms with E-state index < -0.39 is 5.41 Å². The third kappa shape index (κ3) is 4.71. The Morgan fingerprint density at radius 1 is 1.40 bits per heavy atom. The van der Waals surface area contributed by atoms with Gasteiger partial charge in [0.15, 0.2) is 0 Å². The van der Waals surface area contributed by atoms with Gasteiger partial charge < -0.3 is 9.64 Å². The molecule has 1 aromatic rings. The van der Waals surface area contributed by atoms with Gasteiger partial charge in [-0.05, 0) is 38.0 Å². The van der Waals surface area contributed by atoms with E-state index in [2.05, 4.69) is 13.0 Å². The maximum atomic E-state index is 12.1. The number of benzene rings is 1. The van der Waals surface area contributed by atoms with Gasteiger partial charge in [-0.3, -0.25) is 4.79 Å². The van der Waals surface area contributed by atoms with Crippen molar-refractivity contribution in [1.82, 2.24) is 4.90 Å². The summed E-state index contributed by atoms with van der Waals surface area (Å²) in [4.78, 5) is 13.8. The molecule has 20 heavy (non-hydrogen) atoms. The monoisotopic (exact) mass is 297 g/mol. The van der Waals surface area contributed by atoms with E-state index in [0.717, 1.165) is 12.2 Å². The van der Waals surface area contributed by atoms with E-state index in [4.69, 9.17) is 16.3 Å². The Kier molecular flexibility index (Phi) is 6.34. The number of rotatable bonds is 7. The minimum absolute atomic E-state index is 0.0402. The third-order valence-corrected chi connectivity index (χ3v) is 3.93. The van der Waals surface area contributed by atoms with E-state index in [1.807, 2.05) is 32.0 Å². The number of carbonyl (C=O) groups is 1. The molecule has 0 aromatic heterocycles. The second-order valence-corrected chi connectivity index (χ2v) is 5.86. The molecule has 0 fully saturated rings. The predicted molar refractivity (Wildman–Crippen MR) is 83.5 cm³/mol. The molecule has 0 spiro atoms. The lowest BCUT2D eigenvalue weighted by Crippen LogP contribution is -2.41. The van der Waals surface area contributed by atoms with Crippen LogP contribution in [0.1, 0.15) is 26.3 Å². The average Bonchev–Trinajstić information content (AvgIpc) is 2.46. The van der Waals surface area contributed by atoms with Crippen molar-refractivity contribution in [2.45, 2.75) is 27.2 Å². The number of ether oxygens (including phenoxy) is 1. The van der Waals surface area contributed by atoms with Crippen molar-refractivity contribution >= 4 is 17.5 Å². The summed E-state index contributed by atoms with van der Waals surface area (Å²) in [5, 5.41) is 0. The van der Waals surface area contributed by atoms with Crippen LogP contribution in [0.5, 0.6) is 5.75 Å². The number of amides is 1. The molecule has 0 bridgehead atoms. The highest BCUT2D eigenvalue weighted by atomic mass is 35.5. The van der Waals surface area contributed by atoms with Gasteiger partial charge in [-0.25, -0.2) is 0 Å². The Morgan fingerprint density at radius 3 is 2.70 bits per heavy atom. The summed E-state index contributed by atoms with van der Waals surface area (Å²) in [7, 11) is 1.78. The smallest absolute Gasteiger partial charge is 0.229 e. The minimum atomic E-state index is -0.529. The molecule has 0 aliphatic rings. The number of carbonyl (C=O) groups excluding carboxylic acids is 1. The molecule has 1 rings (SSSR count). The van der Waals surface area contributed by atoms with E-state index in [9.17, 15) is 4.79 Å². The van der Waals surface area contributed by atoms with Crippen LogP contribution in [0, 0.1) is 5.41 Å². The van der Waals surface area contributed by atoms with E-state index in [0.29, 0.717) is 19.0 Å². The normalized spacial score (nSPS) is 11.2. The molecule has 0 aliphatic carbocycles. The molecule has 3 nitrogen and oxygen atoms in total. The first-order chi connectivity index (χ1) is 9.40. The summed E-state index contributed by atoms with van der Waals surface area (Å²) in [6.45, 7) is 6.85. The number of hydrogen-bond acceptors (Lipinski definition) is 2. The van der Waals surface area contributed by atoms with Crippen molar-refractivity contribution in [1.29, 1.82) is 0 Å². The third-order valence-electron chi connectivity index (χ3n) is 3.26. The van der Waals surface area contributed by atoms with Crippen LogP contribution in [-0.2, 0) is 11.2 Å². The molecular formula is C16H24ClNO2.